The van der Waals surface area contributed by atoms with Crippen molar-refractivity contribution in [3.63, 3.8) is 0 Å². The van der Waals surface area contributed by atoms with Crippen molar-refractivity contribution < 1.29 is 9.90 Å². The molecule has 4 nitrogen and oxygen atoms in total. The molecule has 2 atom stereocenters. The van der Waals surface area contributed by atoms with E-state index in [4.69, 9.17) is 0 Å². The molecule has 4 heteroatoms. The predicted molar refractivity (Wildman–Crippen MR) is 96.5 cm³/mol. The van der Waals surface area contributed by atoms with Crippen molar-refractivity contribution in [3.8, 4) is 5.75 Å². The zero-order valence-corrected chi connectivity index (χ0v) is 14.4. The van der Waals surface area contributed by atoms with Crippen molar-refractivity contribution in [2.75, 3.05) is 6.54 Å². The number of hydrogen-bond acceptors (Lipinski definition) is 3. The van der Waals surface area contributed by atoms with Crippen LogP contribution in [0.3, 0.4) is 0 Å². The van der Waals surface area contributed by atoms with Crippen LogP contribution in [0.1, 0.15) is 48.4 Å². The summed E-state index contributed by atoms with van der Waals surface area (Å²) in [6.45, 7) is 0.838. The number of benzene rings is 1. The second-order valence-corrected chi connectivity index (χ2v) is 7.13. The highest BCUT2D eigenvalue weighted by Gasteiger charge is 2.37. The molecule has 2 aliphatic rings. The lowest BCUT2D eigenvalue weighted by atomic mass is 9.97. The van der Waals surface area contributed by atoms with Crippen molar-refractivity contribution in [1.82, 2.24) is 9.88 Å². The summed E-state index contributed by atoms with van der Waals surface area (Å²) in [6.07, 6.45) is 7.52. The Hall–Kier alpha value is -2.36. The highest BCUT2D eigenvalue weighted by molar-refractivity contribution is 5.86. The molecule has 0 radical (unpaired) electrons. The van der Waals surface area contributed by atoms with Crippen LogP contribution in [-0.2, 0) is 17.6 Å². The minimum Gasteiger partial charge on any atom is -0.508 e. The molecule has 0 bridgehead atoms. The van der Waals surface area contributed by atoms with E-state index in [0.29, 0.717) is 6.04 Å². The number of aromatic nitrogens is 1. The number of aromatic hydroxyl groups is 1. The van der Waals surface area contributed by atoms with Gasteiger partial charge in [-0.1, -0.05) is 18.2 Å². The smallest absolute Gasteiger partial charge is 0.230 e. The van der Waals surface area contributed by atoms with E-state index >= 15 is 0 Å². The maximum atomic E-state index is 13.2. The molecule has 1 aliphatic carbocycles. The number of nitrogens with zero attached hydrogens (tertiary/aromatic N) is 2. The van der Waals surface area contributed by atoms with E-state index in [1.165, 1.54) is 0 Å². The minimum atomic E-state index is -0.174. The fraction of sp³-hybridized carbons (Fsp3) is 0.429. The van der Waals surface area contributed by atoms with Gasteiger partial charge in [-0.2, -0.15) is 0 Å². The molecule has 25 heavy (non-hydrogen) atoms. The third kappa shape index (κ3) is 3.13. The number of aryl methyl sites for hydroxylation is 2. The van der Waals surface area contributed by atoms with Crippen LogP contribution in [0.4, 0.5) is 0 Å². The van der Waals surface area contributed by atoms with E-state index in [1.807, 2.05) is 36.5 Å². The van der Waals surface area contributed by atoms with Crippen molar-refractivity contribution >= 4 is 5.91 Å². The Morgan fingerprint density at radius 2 is 2.12 bits per heavy atom. The Kier molecular flexibility index (Phi) is 4.43. The normalized spacial score (nSPS) is 22.2. The lowest BCUT2D eigenvalue weighted by molar-refractivity contribution is -0.133. The van der Waals surface area contributed by atoms with Crippen LogP contribution in [0.15, 0.2) is 42.6 Å². The highest BCUT2D eigenvalue weighted by Crippen LogP contribution is 2.41. The molecule has 1 fully saturated rings. The fourth-order valence-corrected chi connectivity index (χ4v) is 4.40. The molecule has 1 unspecified atom stereocenters. The quantitative estimate of drug-likeness (QED) is 0.930. The first-order valence-corrected chi connectivity index (χ1v) is 9.25. The van der Waals surface area contributed by atoms with Crippen LogP contribution in [0.2, 0.25) is 0 Å². The zero-order valence-electron chi connectivity index (χ0n) is 14.4. The van der Waals surface area contributed by atoms with Gasteiger partial charge in [0.2, 0.25) is 5.91 Å². The number of phenols is 1. The Morgan fingerprint density at radius 1 is 1.20 bits per heavy atom. The second-order valence-electron chi connectivity index (χ2n) is 7.13. The lowest BCUT2D eigenvalue weighted by Crippen LogP contribution is -2.38. The summed E-state index contributed by atoms with van der Waals surface area (Å²) < 4.78 is 0. The average Bonchev–Trinajstić information content (AvgIpc) is 3.28. The van der Waals surface area contributed by atoms with Gasteiger partial charge in [-0.25, -0.2) is 0 Å². The summed E-state index contributed by atoms with van der Waals surface area (Å²) in [5, 5.41) is 10.2. The largest absolute Gasteiger partial charge is 0.508 e. The third-order valence-electron chi connectivity index (χ3n) is 5.64. The highest BCUT2D eigenvalue weighted by atomic mass is 16.3. The summed E-state index contributed by atoms with van der Waals surface area (Å²) in [5.74, 6) is 0.299. The van der Waals surface area contributed by atoms with Gasteiger partial charge < -0.3 is 10.0 Å². The summed E-state index contributed by atoms with van der Waals surface area (Å²) in [5.41, 5.74) is 3.08. The average molecular weight is 336 g/mol. The maximum absolute atomic E-state index is 13.2. The summed E-state index contributed by atoms with van der Waals surface area (Å²) in [6, 6.07) is 11.9. The first kappa shape index (κ1) is 16.1. The van der Waals surface area contributed by atoms with Gasteiger partial charge in [-0.15, -0.1) is 0 Å². The van der Waals surface area contributed by atoms with Crippen LogP contribution in [0.5, 0.6) is 5.75 Å². The van der Waals surface area contributed by atoms with E-state index in [-0.39, 0.29) is 17.6 Å². The molecule has 0 spiro atoms. The van der Waals surface area contributed by atoms with Crippen molar-refractivity contribution in [2.45, 2.75) is 50.5 Å². The SMILES string of the molecule is O=C(C1CCc2cccc(O)c21)N1CCC[C@H]1CCc1ccccn1. The van der Waals surface area contributed by atoms with Gasteiger partial charge in [-0.05, 0) is 62.3 Å². The van der Waals surface area contributed by atoms with Crippen LogP contribution in [0, 0.1) is 0 Å². The molecular formula is C21H24N2O2. The fourth-order valence-electron chi connectivity index (χ4n) is 4.40. The molecule has 2 aromatic rings. The van der Waals surface area contributed by atoms with Crippen molar-refractivity contribution in [3.05, 3.63) is 59.4 Å². The van der Waals surface area contributed by atoms with Crippen LogP contribution >= 0.6 is 0 Å². The molecule has 4 rings (SSSR count). The first-order valence-electron chi connectivity index (χ1n) is 9.25. The van der Waals surface area contributed by atoms with E-state index < -0.39 is 0 Å². The Labute approximate surface area is 148 Å². The standard InChI is InChI=1S/C21H24N2O2/c24-19-8-3-5-15-9-12-18(20(15)19)21(25)23-14-4-7-17(23)11-10-16-6-1-2-13-22-16/h1-3,5-6,8,13,17-18,24H,4,7,9-12,14H2/t17-,18?/m0/s1. The maximum Gasteiger partial charge on any atom is 0.230 e. The van der Waals surface area contributed by atoms with Gasteiger partial charge in [0, 0.05) is 30.0 Å². The van der Waals surface area contributed by atoms with Crippen molar-refractivity contribution in [1.29, 1.82) is 0 Å². The molecule has 2 heterocycles. The molecule has 1 aromatic heterocycles. The number of carbonyl (C=O) groups excluding carboxylic acids is 1. The topological polar surface area (TPSA) is 53.4 Å². The molecular weight excluding hydrogens is 312 g/mol. The molecule has 0 saturated carbocycles. The Morgan fingerprint density at radius 3 is 2.96 bits per heavy atom. The number of rotatable bonds is 4. The first-order chi connectivity index (χ1) is 12.2. The molecule has 130 valence electrons. The number of fused-ring (bicyclic) bond motifs is 1. The van der Waals surface area contributed by atoms with E-state index in [9.17, 15) is 9.90 Å². The van der Waals surface area contributed by atoms with Gasteiger partial charge in [0.25, 0.3) is 0 Å². The molecule has 1 aromatic carbocycles. The number of phenolic OH excluding ortho intramolecular Hbond substituents is 1. The van der Waals surface area contributed by atoms with E-state index in [0.717, 1.165) is 61.9 Å². The van der Waals surface area contributed by atoms with Crippen LogP contribution < -0.4 is 0 Å². The number of likely N-dealkylation sites (tertiary alicyclic amines) is 1. The molecule has 1 amide bonds. The number of pyridine rings is 1. The van der Waals surface area contributed by atoms with Gasteiger partial charge in [0.15, 0.2) is 0 Å². The van der Waals surface area contributed by atoms with E-state index in [2.05, 4.69) is 9.88 Å². The van der Waals surface area contributed by atoms with Gasteiger partial charge >= 0.3 is 0 Å². The number of amides is 1. The predicted octanol–water partition coefficient (Wildman–Crippen LogP) is 3.44. The van der Waals surface area contributed by atoms with Crippen molar-refractivity contribution in [2.24, 2.45) is 0 Å². The Balaban J connectivity index is 1.47. The van der Waals surface area contributed by atoms with Gasteiger partial charge in [0.05, 0.1) is 5.92 Å². The number of carbonyl (C=O) groups is 1. The summed E-state index contributed by atoms with van der Waals surface area (Å²) >= 11 is 0. The zero-order chi connectivity index (χ0) is 17.2. The van der Waals surface area contributed by atoms with E-state index in [1.54, 1.807) is 6.07 Å². The van der Waals surface area contributed by atoms with Gasteiger partial charge in [-0.3, -0.25) is 9.78 Å². The minimum absolute atomic E-state index is 0.174. The second kappa shape index (κ2) is 6.87. The molecule has 1 N–H and O–H groups in total. The lowest BCUT2D eigenvalue weighted by Gasteiger charge is -2.28. The van der Waals surface area contributed by atoms with Crippen LogP contribution in [0.25, 0.3) is 0 Å². The molecule has 1 aliphatic heterocycles. The third-order valence-corrected chi connectivity index (χ3v) is 5.64. The van der Waals surface area contributed by atoms with Gasteiger partial charge in [0.1, 0.15) is 5.75 Å². The summed E-state index contributed by atoms with van der Waals surface area (Å²) in [4.78, 5) is 19.6. The Bertz CT molecular complexity index is 760. The summed E-state index contributed by atoms with van der Waals surface area (Å²) in [7, 11) is 0. The van der Waals surface area contributed by atoms with Crippen LogP contribution in [-0.4, -0.2) is 33.5 Å². The molecule has 1 saturated heterocycles. The number of hydrogen-bond donors (Lipinski definition) is 1. The monoisotopic (exact) mass is 336 g/mol.